The molecule has 8 heteroatoms. The first-order chi connectivity index (χ1) is 14.7. The van der Waals surface area contributed by atoms with E-state index in [-0.39, 0.29) is 5.91 Å². The third-order valence-electron chi connectivity index (χ3n) is 5.84. The number of ether oxygens (including phenoxy) is 2. The molecule has 2 fully saturated rings. The van der Waals surface area contributed by atoms with E-state index in [9.17, 15) is 4.79 Å². The Morgan fingerprint density at radius 2 is 1.77 bits per heavy atom. The van der Waals surface area contributed by atoms with Gasteiger partial charge in [-0.15, -0.1) is 10.2 Å². The highest BCUT2D eigenvalue weighted by molar-refractivity contribution is 7.13. The second-order valence-corrected chi connectivity index (χ2v) is 9.12. The zero-order valence-electron chi connectivity index (χ0n) is 17.5. The van der Waals surface area contributed by atoms with Gasteiger partial charge in [0.15, 0.2) is 0 Å². The van der Waals surface area contributed by atoms with Crippen molar-refractivity contribution in [2.24, 2.45) is 0 Å². The molecule has 1 aromatic heterocycles. The molecule has 0 atom stereocenters. The molecule has 4 rings (SSSR count). The van der Waals surface area contributed by atoms with E-state index in [0.29, 0.717) is 22.9 Å². The van der Waals surface area contributed by atoms with E-state index in [2.05, 4.69) is 20.4 Å². The standard InChI is InChI=1S/C22H30N4O3S/c1-28-17-9-7-16(8-10-17)23-21(27)22-25-24-20(30-22)15-26-13-11-19(12-14-26)29-18-5-3-2-4-6-18/h7-10,18-19H,2-6,11-15H2,1H3,(H,23,27). The summed E-state index contributed by atoms with van der Waals surface area (Å²) in [6.45, 7) is 2.75. The highest BCUT2D eigenvalue weighted by Crippen LogP contribution is 2.25. The number of methoxy groups -OCH3 is 1. The highest BCUT2D eigenvalue weighted by atomic mass is 32.1. The predicted molar refractivity (Wildman–Crippen MR) is 117 cm³/mol. The molecule has 0 bridgehead atoms. The summed E-state index contributed by atoms with van der Waals surface area (Å²) in [5, 5.41) is 12.4. The van der Waals surface area contributed by atoms with E-state index >= 15 is 0 Å². The zero-order valence-corrected chi connectivity index (χ0v) is 18.3. The van der Waals surface area contributed by atoms with Gasteiger partial charge in [-0.05, 0) is 49.9 Å². The lowest BCUT2D eigenvalue weighted by Crippen LogP contribution is -2.38. The van der Waals surface area contributed by atoms with Crippen LogP contribution in [-0.2, 0) is 11.3 Å². The van der Waals surface area contributed by atoms with Crippen molar-refractivity contribution in [1.82, 2.24) is 15.1 Å². The fourth-order valence-corrected chi connectivity index (χ4v) is 4.91. The highest BCUT2D eigenvalue weighted by Gasteiger charge is 2.25. The lowest BCUT2D eigenvalue weighted by Gasteiger charge is -2.34. The minimum absolute atomic E-state index is 0.233. The lowest BCUT2D eigenvalue weighted by molar-refractivity contribution is -0.0566. The monoisotopic (exact) mass is 430 g/mol. The predicted octanol–water partition coefficient (Wildman–Crippen LogP) is 4.11. The number of benzene rings is 1. The molecule has 30 heavy (non-hydrogen) atoms. The quantitative estimate of drug-likeness (QED) is 0.712. The third-order valence-corrected chi connectivity index (χ3v) is 6.75. The molecule has 1 aromatic carbocycles. The first kappa shape index (κ1) is 21.2. The van der Waals surface area contributed by atoms with Gasteiger partial charge < -0.3 is 14.8 Å². The topological polar surface area (TPSA) is 76.6 Å². The molecular weight excluding hydrogens is 400 g/mol. The van der Waals surface area contributed by atoms with Crippen LogP contribution in [0.15, 0.2) is 24.3 Å². The Morgan fingerprint density at radius 1 is 1.07 bits per heavy atom. The molecule has 1 aliphatic carbocycles. The van der Waals surface area contributed by atoms with Gasteiger partial charge in [-0.25, -0.2) is 0 Å². The number of aromatic nitrogens is 2. The number of piperidine rings is 1. The first-order valence-electron chi connectivity index (χ1n) is 10.8. The van der Waals surface area contributed by atoms with E-state index in [1.165, 1.54) is 43.4 Å². The molecule has 2 heterocycles. The van der Waals surface area contributed by atoms with Crippen LogP contribution in [0.4, 0.5) is 5.69 Å². The number of anilines is 1. The molecule has 1 aliphatic heterocycles. The lowest BCUT2D eigenvalue weighted by atomic mass is 9.97. The van der Waals surface area contributed by atoms with Crippen LogP contribution in [0.3, 0.4) is 0 Å². The minimum Gasteiger partial charge on any atom is -0.497 e. The number of rotatable bonds is 7. The Labute approximate surface area is 181 Å². The van der Waals surface area contributed by atoms with E-state index in [0.717, 1.165) is 43.2 Å². The van der Waals surface area contributed by atoms with Crippen LogP contribution in [0.1, 0.15) is 59.8 Å². The molecule has 2 aromatic rings. The van der Waals surface area contributed by atoms with Crippen LogP contribution in [0.2, 0.25) is 0 Å². The van der Waals surface area contributed by atoms with Gasteiger partial charge in [0.25, 0.3) is 5.91 Å². The van der Waals surface area contributed by atoms with Crippen molar-refractivity contribution < 1.29 is 14.3 Å². The second-order valence-electron chi connectivity index (χ2n) is 8.06. The number of amides is 1. The zero-order chi connectivity index (χ0) is 20.8. The number of hydrogen-bond donors (Lipinski definition) is 1. The summed E-state index contributed by atoms with van der Waals surface area (Å²) in [5.74, 6) is 0.516. The normalized spacial score (nSPS) is 19.0. The Kier molecular flexibility index (Phi) is 7.30. The molecule has 7 nitrogen and oxygen atoms in total. The average molecular weight is 431 g/mol. The van der Waals surface area contributed by atoms with Crippen LogP contribution < -0.4 is 10.1 Å². The van der Waals surface area contributed by atoms with E-state index in [4.69, 9.17) is 9.47 Å². The molecule has 2 aliphatic rings. The minimum atomic E-state index is -0.233. The number of carbonyl (C=O) groups is 1. The summed E-state index contributed by atoms with van der Waals surface area (Å²) in [7, 11) is 1.61. The Hall–Kier alpha value is -2.03. The smallest absolute Gasteiger partial charge is 0.286 e. The first-order valence-corrected chi connectivity index (χ1v) is 11.7. The fraction of sp³-hybridized carbons (Fsp3) is 0.591. The molecular formula is C22H30N4O3S. The van der Waals surface area contributed by atoms with Crippen molar-refractivity contribution in [2.75, 3.05) is 25.5 Å². The Bertz CT molecular complexity index is 812. The summed E-state index contributed by atoms with van der Waals surface area (Å²) in [5.41, 5.74) is 0.706. The molecule has 1 N–H and O–H groups in total. The summed E-state index contributed by atoms with van der Waals surface area (Å²) < 4.78 is 11.5. The van der Waals surface area contributed by atoms with Gasteiger partial charge in [-0.2, -0.15) is 0 Å². The second kappa shape index (κ2) is 10.3. The number of hydrogen-bond acceptors (Lipinski definition) is 7. The van der Waals surface area contributed by atoms with Gasteiger partial charge in [0.05, 0.1) is 25.9 Å². The maximum absolute atomic E-state index is 12.4. The molecule has 0 radical (unpaired) electrons. The SMILES string of the molecule is COc1ccc(NC(=O)c2nnc(CN3CCC(OC4CCCCC4)CC3)s2)cc1. The molecule has 1 saturated carbocycles. The van der Waals surface area contributed by atoms with Crippen molar-refractivity contribution in [2.45, 2.75) is 63.7 Å². The van der Waals surface area contributed by atoms with Crippen molar-refractivity contribution in [3.63, 3.8) is 0 Å². The molecule has 1 amide bonds. The van der Waals surface area contributed by atoms with Gasteiger partial charge in [0.2, 0.25) is 5.01 Å². The Balaban J connectivity index is 1.23. The summed E-state index contributed by atoms with van der Waals surface area (Å²) in [6, 6.07) is 7.22. The van der Waals surface area contributed by atoms with Crippen LogP contribution in [-0.4, -0.2) is 53.4 Å². The van der Waals surface area contributed by atoms with E-state index in [1.807, 2.05) is 12.1 Å². The maximum atomic E-state index is 12.4. The van der Waals surface area contributed by atoms with E-state index < -0.39 is 0 Å². The Morgan fingerprint density at radius 3 is 2.47 bits per heavy atom. The van der Waals surface area contributed by atoms with Crippen LogP contribution in [0.25, 0.3) is 0 Å². The van der Waals surface area contributed by atoms with Crippen molar-refractivity contribution in [3.8, 4) is 5.75 Å². The number of nitrogens with one attached hydrogen (secondary N) is 1. The van der Waals surface area contributed by atoms with Gasteiger partial charge in [-0.1, -0.05) is 30.6 Å². The molecule has 0 spiro atoms. The van der Waals surface area contributed by atoms with Crippen molar-refractivity contribution in [3.05, 3.63) is 34.3 Å². The van der Waals surface area contributed by atoms with Crippen molar-refractivity contribution >= 4 is 22.9 Å². The van der Waals surface area contributed by atoms with E-state index in [1.54, 1.807) is 19.2 Å². The molecule has 0 unspecified atom stereocenters. The third kappa shape index (κ3) is 5.77. The maximum Gasteiger partial charge on any atom is 0.286 e. The van der Waals surface area contributed by atoms with Gasteiger partial charge >= 0.3 is 0 Å². The number of likely N-dealkylation sites (tertiary alicyclic amines) is 1. The van der Waals surface area contributed by atoms with Crippen molar-refractivity contribution in [1.29, 1.82) is 0 Å². The van der Waals surface area contributed by atoms with Crippen LogP contribution >= 0.6 is 11.3 Å². The van der Waals surface area contributed by atoms with Gasteiger partial charge in [0, 0.05) is 18.8 Å². The average Bonchev–Trinajstić information content (AvgIpc) is 3.25. The van der Waals surface area contributed by atoms with Gasteiger partial charge in [0.1, 0.15) is 10.8 Å². The largest absolute Gasteiger partial charge is 0.497 e. The molecule has 1 saturated heterocycles. The number of carbonyl (C=O) groups excluding carboxylic acids is 1. The van der Waals surface area contributed by atoms with Gasteiger partial charge in [-0.3, -0.25) is 9.69 Å². The number of nitrogens with zero attached hydrogens (tertiary/aromatic N) is 3. The summed E-state index contributed by atoms with van der Waals surface area (Å²) in [4.78, 5) is 14.8. The molecule has 162 valence electrons. The summed E-state index contributed by atoms with van der Waals surface area (Å²) >= 11 is 1.36. The van der Waals surface area contributed by atoms with Crippen LogP contribution in [0, 0.1) is 0 Å². The van der Waals surface area contributed by atoms with Crippen LogP contribution in [0.5, 0.6) is 5.75 Å². The summed E-state index contributed by atoms with van der Waals surface area (Å²) in [6.07, 6.45) is 9.46. The fourth-order valence-electron chi connectivity index (χ4n) is 4.14.